The molecule has 0 bridgehead atoms. The number of aromatic nitrogens is 3. The Kier molecular flexibility index (Phi) is 7.68. The summed E-state index contributed by atoms with van der Waals surface area (Å²) < 4.78 is 7.77. The van der Waals surface area contributed by atoms with Crippen molar-refractivity contribution in [3.63, 3.8) is 0 Å². The first-order valence-corrected chi connectivity index (χ1v) is 10.8. The van der Waals surface area contributed by atoms with E-state index < -0.39 is 0 Å². The lowest BCUT2D eigenvalue weighted by Crippen LogP contribution is -2.15. The van der Waals surface area contributed by atoms with Crippen molar-refractivity contribution in [2.24, 2.45) is 0 Å². The number of amides is 1. The van der Waals surface area contributed by atoms with E-state index in [0.29, 0.717) is 24.1 Å². The topological polar surface area (TPSA) is 69.0 Å². The molecule has 0 aliphatic heterocycles. The third-order valence-corrected chi connectivity index (χ3v) is 5.44. The molecule has 30 heavy (non-hydrogen) atoms. The second-order valence-corrected chi connectivity index (χ2v) is 7.73. The van der Waals surface area contributed by atoms with E-state index in [4.69, 9.17) is 4.74 Å². The highest BCUT2D eigenvalue weighted by atomic mass is 32.2. The summed E-state index contributed by atoms with van der Waals surface area (Å²) in [6.07, 6.45) is 2.77. The number of carbonyl (C=O) groups excluding carboxylic acids is 1. The number of ether oxygens (including phenoxy) is 1. The molecule has 6 nitrogen and oxygen atoms in total. The van der Waals surface area contributed by atoms with Crippen LogP contribution in [0.5, 0.6) is 5.75 Å². The number of allylic oxidation sites excluding steroid dienone is 1. The molecule has 0 saturated heterocycles. The fraction of sp³-hybridized carbons (Fsp3) is 0.261. The van der Waals surface area contributed by atoms with Crippen LogP contribution in [0.2, 0.25) is 0 Å². The van der Waals surface area contributed by atoms with Gasteiger partial charge in [0, 0.05) is 12.2 Å². The van der Waals surface area contributed by atoms with E-state index in [1.807, 2.05) is 47.9 Å². The molecule has 0 atom stereocenters. The summed E-state index contributed by atoms with van der Waals surface area (Å²) in [7, 11) is 0. The Labute approximate surface area is 181 Å². The molecule has 156 valence electrons. The summed E-state index contributed by atoms with van der Waals surface area (Å²) in [5, 5.41) is 12.0. The monoisotopic (exact) mass is 422 g/mol. The molecule has 0 fully saturated rings. The van der Waals surface area contributed by atoms with Gasteiger partial charge in [0.15, 0.2) is 11.0 Å². The zero-order valence-corrected chi connectivity index (χ0v) is 18.1. The van der Waals surface area contributed by atoms with E-state index in [0.717, 1.165) is 23.4 Å². The minimum absolute atomic E-state index is 0.0918. The van der Waals surface area contributed by atoms with Crippen LogP contribution in [0.4, 0.5) is 5.69 Å². The predicted molar refractivity (Wildman–Crippen MR) is 121 cm³/mol. The third kappa shape index (κ3) is 5.97. The summed E-state index contributed by atoms with van der Waals surface area (Å²) in [5.74, 6) is 1.62. The SMILES string of the molecule is C=CCn1c(COc2ccc(CC)cc2)nnc1SCC(=O)Nc1ccc(C)cc1. The van der Waals surface area contributed by atoms with Gasteiger partial charge in [-0.05, 0) is 43.2 Å². The Bertz CT molecular complexity index is 981. The van der Waals surface area contributed by atoms with Crippen LogP contribution in [-0.2, 0) is 24.4 Å². The molecule has 1 heterocycles. The van der Waals surface area contributed by atoms with Gasteiger partial charge in [-0.15, -0.1) is 16.8 Å². The first kappa shape index (κ1) is 21.6. The van der Waals surface area contributed by atoms with Gasteiger partial charge >= 0.3 is 0 Å². The number of nitrogens with one attached hydrogen (secondary N) is 1. The maximum atomic E-state index is 12.3. The number of aryl methyl sites for hydroxylation is 2. The molecule has 1 N–H and O–H groups in total. The maximum Gasteiger partial charge on any atom is 0.234 e. The van der Waals surface area contributed by atoms with Crippen LogP contribution in [0, 0.1) is 6.92 Å². The maximum absolute atomic E-state index is 12.3. The molecule has 2 aromatic carbocycles. The molecule has 0 unspecified atom stereocenters. The molecule has 3 rings (SSSR count). The van der Waals surface area contributed by atoms with Crippen molar-refractivity contribution in [2.75, 3.05) is 11.1 Å². The van der Waals surface area contributed by atoms with E-state index in [1.54, 1.807) is 6.08 Å². The van der Waals surface area contributed by atoms with Crippen LogP contribution >= 0.6 is 11.8 Å². The largest absolute Gasteiger partial charge is 0.486 e. The quantitative estimate of drug-likeness (QED) is 0.381. The van der Waals surface area contributed by atoms with E-state index in [-0.39, 0.29) is 11.7 Å². The van der Waals surface area contributed by atoms with Gasteiger partial charge in [-0.3, -0.25) is 9.36 Å². The average Bonchev–Trinajstić information content (AvgIpc) is 3.14. The van der Waals surface area contributed by atoms with Crippen LogP contribution in [0.3, 0.4) is 0 Å². The van der Waals surface area contributed by atoms with Gasteiger partial charge in [0.05, 0.1) is 5.75 Å². The van der Waals surface area contributed by atoms with E-state index in [2.05, 4.69) is 41.1 Å². The average molecular weight is 423 g/mol. The second-order valence-electron chi connectivity index (χ2n) is 6.79. The van der Waals surface area contributed by atoms with Gasteiger partial charge < -0.3 is 10.1 Å². The Morgan fingerprint density at radius 1 is 1.17 bits per heavy atom. The zero-order chi connectivity index (χ0) is 21.3. The summed E-state index contributed by atoms with van der Waals surface area (Å²) in [4.78, 5) is 12.3. The van der Waals surface area contributed by atoms with Crippen LogP contribution < -0.4 is 10.1 Å². The van der Waals surface area contributed by atoms with Gasteiger partial charge in [-0.2, -0.15) is 0 Å². The molecule has 0 aliphatic carbocycles. The third-order valence-electron chi connectivity index (χ3n) is 4.47. The van der Waals surface area contributed by atoms with E-state index >= 15 is 0 Å². The van der Waals surface area contributed by atoms with Crippen LogP contribution in [0.15, 0.2) is 66.3 Å². The van der Waals surface area contributed by atoms with Crippen LogP contribution in [0.25, 0.3) is 0 Å². The Morgan fingerprint density at radius 2 is 1.90 bits per heavy atom. The number of nitrogens with zero attached hydrogens (tertiary/aromatic N) is 3. The molecular weight excluding hydrogens is 396 g/mol. The molecule has 3 aromatic rings. The van der Waals surface area contributed by atoms with Crippen molar-refractivity contribution >= 4 is 23.4 Å². The highest BCUT2D eigenvalue weighted by Crippen LogP contribution is 2.20. The molecule has 7 heteroatoms. The van der Waals surface area contributed by atoms with Gasteiger partial charge in [0.2, 0.25) is 5.91 Å². The predicted octanol–water partition coefficient (Wildman–Crippen LogP) is 4.64. The van der Waals surface area contributed by atoms with Crippen molar-refractivity contribution in [3.05, 3.63) is 78.1 Å². The zero-order valence-electron chi connectivity index (χ0n) is 17.3. The minimum Gasteiger partial charge on any atom is -0.486 e. The van der Waals surface area contributed by atoms with Gasteiger partial charge in [0.25, 0.3) is 0 Å². The molecule has 1 aromatic heterocycles. The first-order valence-electron chi connectivity index (χ1n) is 9.83. The summed E-state index contributed by atoms with van der Waals surface area (Å²) in [5.41, 5.74) is 3.19. The van der Waals surface area contributed by atoms with Crippen molar-refractivity contribution in [1.29, 1.82) is 0 Å². The van der Waals surface area contributed by atoms with Gasteiger partial charge in [-0.1, -0.05) is 54.6 Å². The lowest BCUT2D eigenvalue weighted by molar-refractivity contribution is -0.113. The standard InChI is InChI=1S/C23H26N4O2S/c1-4-14-27-21(15-29-20-12-8-18(5-2)9-13-20)25-26-23(27)30-16-22(28)24-19-10-6-17(3)7-11-19/h4,6-13H,1,5,14-16H2,2-3H3,(H,24,28). The Hall–Kier alpha value is -3.06. The fourth-order valence-electron chi connectivity index (χ4n) is 2.78. The number of carbonyl (C=O) groups is 1. The molecule has 0 spiro atoms. The van der Waals surface area contributed by atoms with Crippen molar-refractivity contribution in [1.82, 2.24) is 14.8 Å². The van der Waals surface area contributed by atoms with E-state index in [1.165, 1.54) is 17.3 Å². The summed E-state index contributed by atoms with van der Waals surface area (Å²) in [6, 6.07) is 15.7. The van der Waals surface area contributed by atoms with Gasteiger partial charge in [0.1, 0.15) is 12.4 Å². The smallest absolute Gasteiger partial charge is 0.234 e. The highest BCUT2D eigenvalue weighted by Gasteiger charge is 2.14. The molecule has 0 saturated carbocycles. The van der Waals surface area contributed by atoms with Crippen molar-refractivity contribution in [2.45, 2.75) is 38.6 Å². The highest BCUT2D eigenvalue weighted by molar-refractivity contribution is 7.99. The van der Waals surface area contributed by atoms with Crippen LogP contribution in [0.1, 0.15) is 23.9 Å². The lowest BCUT2D eigenvalue weighted by atomic mass is 10.2. The second kappa shape index (κ2) is 10.6. The lowest BCUT2D eigenvalue weighted by Gasteiger charge is -2.10. The normalized spacial score (nSPS) is 10.6. The molecule has 1 amide bonds. The number of hydrogen-bond acceptors (Lipinski definition) is 5. The Balaban J connectivity index is 1.59. The molecular formula is C23H26N4O2S. The van der Waals surface area contributed by atoms with Crippen molar-refractivity contribution < 1.29 is 9.53 Å². The number of benzene rings is 2. The number of rotatable bonds is 10. The number of anilines is 1. The summed E-state index contributed by atoms with van der Waals surface area (Å²) in [6.45, 7) is 8.77. The first-order chi connectivity index (χ1) is 14.6. The van der Waals surface area contributed by atoms with Crippen molar-refractivity contribution in [3.8, 4) is 5.75 Å². The molecule has 0 aliphatic rings. The summed E-state index contributed by atoms with van der Waals surface area (Å²) >= 11 is 1.34. The Morgan fingerprint density at radius 3 is 2.57 bits per heavy atom. The minimum atomic E-state index is -0.0918. The molecule has 0 radical (unpaired) electrons. The number of hydrogen-bond donors (Lipinski definition) is 1. The van der Waals surface area contributed by atoms with Gasteiger partial charge in [-0.25, -0.2) is 0 Å². The number of thioether (sulfide) groups is 1. The van der Waals surface area contributed by atoms with E-state index in [9.17, 15) is 4.79 Å². The van der Waals surface area contributed by atoms with Crippen LogP contribution in [-0.4, -0.2) is 26.4 Å². The fourth-order valence-corrected chi connectivity index (χ4v) is 3.54.